The summed E-state index contributed by atoms with van der Waals surface area (Å²) < 4.78 is 0.898. The van der Waals surface area contributed by atoms with E-state index in [-0.39, 0.29) is 0 Å². The molecule has 1 aromatic rings. The summed E-state index contributed by atoms with van der Waals surface area (Å²) >= 11 is 3.46. The van der Waals surface area contributed by atoms with Crippen LogP contribution < -0.4 is 10.6 Å². The average molecular weight is 259 g/mol. The Hall–Kier alpha value is -0.840. The summed E-state index contributed by atoms with van der Waals surface area (Å²) in [5.41, 5.74) is 0. The van der Waals surface area contributed by atoms with Gasteiger partial charge in [-0.25, -0.2) is 9.97 Å². The Morgan fingerprint density at radius 1 is 1.21 bits per heavy atom. The van der Waals surface area contributed by atoms with Crippen LogP contribution in [0.1, 0.15) is 20.3 Å². The predicted octanol–water partition coefficient (Wildman–Crippen LogP) is 2.49. The Bertz CT molecular complexity index is 290. The van der Waals surface area contributed by atoms with Crippen molar-refractivity contribution < 1.29 is 0 Å². The summed E-state index contributed by atoms with van der Waals surface area (Å²) in [5, 5.41) is 6.38. The number of nitrogens with one attached hydrogen (secondary N) is 2. The van der Waals surface area contributed by atoms with Gasteiger partial charge >= 0.3 is 0 Å². The molecule has 0 aliphatic rings. The molecule has 0 atom stereocenters. The van der Waals surface area contributed by atoms with E-state index < -0.39 is 0 Å². The lowest BCUT2D eigenvalue weighted by atomic mass is 10.4. The maximum absolute atomic E-state index is 4.15. The molecule has 0 spiro atoms. The molecule has 0 aromatic carbocycles. The van der Waals surface area contributed by atoms with Crippen LogP contribution in [0.2, 0.25) is 0 Å². The molecule has 1 heterocycles. The monoisotopic (exact) mass is 258 g/mol. The van der Waals surface area contributed by atoms with Crippen molar-refractivity contribution in [1.29, 1.82) is 0 Å². The van der Waals surface area contributed by atoms with Gasteiger partial charge in [0, 0.05) is 13.1 Å². The van der Waals surface area contributed by atoms with Gasteiger partial charge in [0.05, 0.1) is 0 Å². The largest absolute Gasteiger partial charge is 0.369 e. The first-order valence-corrected chi connectivity index (χ1v) is 5.57. The molecule has 0 unspecified atom stereocenters. The van der Waals surface area contributed by atoms with E-state index in [1.807, 2.05) is 6.92 Å². The molecule has 0 fully saturated rings. The second-order valence-electron chi connectivity index (χ2n) is 2.84. The van der Waals surface area contributed by atoms with Gasteiger partial charge in [-0.05, 0) is 29.3 Å². The van der Waals surface area contributed by atoms with Crippen molar-refractivity contribution >= 4 is 27.6 Å². The van der Waals surface area contributed by atoms with Crippen LogP contribution >= 0.6 is 15.9 Å². The molecule has 5 heteroatoms. The van der Waals surface area contributed by atoms with Crippen LogP contribution in [-0.2, 0) is 0 Å². The van der Waals surface area contributed by atoms with Crippen molar-refractivity contribution in [3.63, 3.8) is 0 Å². The van der Waals surface area contributed by atoms with E-state index in [1.165, 1.54) is 0 Å². The van der Waals surface area contributed by atoms with Crippen LogP contribution in [0.5, 0.6) is 0 Å². The summed E-state index contributed by atoms with van der Waals surface area (Å²) in [6.45, 7) is 5.92. The zero-order valence-corrected chi connectivity index (χ0v) is 10.1. The lowest BCUT2D eigenvalue weighted by Gasteiger charge is -2.09. The van der Waals surface area contributed by atoms with E-state index in [2.05, 4.69) is 43.5 Å². The first kappa shape index (κ1) is 11.2. The summed E-state index contributed by atoms with van der Waals surface area (Å²) in [7, 11) is 0. The molecule has 1 aromatic heterocycles. The lowest BCUT2D eigenvalue weighted by molar-refractivity contribution is 0.961. The minimum atomic E-state index is 0.834. The van der Waals surface area contributed by atoms with Gasteiger partial charge in [0.2, 0.25) is 0 Å². The van der Waals surface area contributed by atoms with Crippen molar-refractivity contribution in [2.24, 2.45) is 0 Å². The summed E-state index contributed by atoms with van der Waals surface area (Å²) in [6.07, 6.45) is 2.63. The van der Waals surface area contributed by atoms with Gasteiger partial charge < -0.3 is 10.6 Å². The van der Waals surface area contributed by atoms with Gasteiger partial charge in [-0.3, -0.25) is 0 Å². The van der Waals surface area contributed by atoms with Gasteiger partial charge in [-0.15, -0.1) is 0 Å². The zero-order valence-electron chi connectivity index (χ0n) is 8.47. The van der Waals surface area contributed by atoms with Crippen molar-refractivity contribution in [2.45, 2.75) is 20.3 Å². The van der Waals surface area contributed by atoms with Crippen molar-refractivity contribution in [2.75, 3.05) is 23.7 Å². The highest BCUT2D eigenvalue weighted by molar-refractivity contribution is 9.10. The van der Waals surface area contributed by atoms with Crippen LogP contribution in [0, 0.1) is 0 Å². The fourth-order valence-corrected chi connectivity index (χ4v) is 1.51. The fraction of sp³-hybridized carbons (Fsp3) is 0.556. The van der Waals surface area contributed by atoms with E-state index in [1.54, 1.807) is 6.33 Å². The van der Waals surface area contributed by atoms with Crippen LogP contribution in [0.25, 0.3) is 0 Å². The number of aromatic nitrogens is 2. The first-order valence-electron chi connectivity index (χ1n) is 4.77. The van der Waals surface area contributed by atoms with Gasteiger partial charge in [0.25, 0.3) is 0 Å². The number of halogens is 1. The third-order valence-electron chi connectivity index (χ3n) is 1.68. The second-order valence-corrected chi connectivity index (χ2v) is 3.63. The van der Waals surface area contributed by atoms with Crippen LogP contribution in [0.3, 0.4) is 0 Å². The summed E-state index contributed by atoms with van der Waals surface area (Å²) in [4.78, 5) is 8.28. The maximum atomic E-state index is 4.15. The minimum absolute atomic E-state index is 0.834. The molecule has 0 radical (unpaired) electrons. The smallest absolute Gasteiger partial charge is 0.145 e. The Morgan fingerprint density at radius 3 is 2.43 bits per heavy atom. The van der Waals surface area contributed by atoms with E-state index in [0.29, 0.717) is 0 Å². The molecule has 0 aliphatic heterocycles. The fourth-order valence-electron chi connectivity index (χ4n) is 1.03. The number of hydrogen-bond donors (Lipinski definition) is 2. The Morgan fingerprint density at radius 2 is 1.86 bits per heavy atom. The van der Waals surface area contributed by atoms with E-state index in [4.69, 9.17) is 0 Å². The summed E-state index contributed by atoms with van der Waals surface area (Å²) in [5.74, 6) is 1.68. The molecule has 4 nitrogen and oxygen atoms in total. The van der Waals surface area contributed by atoms with E-state index in [0.717, 1.165) is 35.6 Å². The highest BCUT2D eigenvalue weighted by Crippen LogP contribution is 2.25. The Labute approximate surface area is 92.7 Å². The molecular weight excluding hydrogens is 244 g/mol. The molecule has 78 valence electrons. The third-order valence-corrected chi connectivity index (χ3v) is 2.43. The topological polar surface area (TPSA) is 49.8 Å². The minimum Gasteiger partial charge on any atom is -0.369 e. The SMILES string of the molecule is CCCNc1ncnc(NCC)c1Br. The van der Waals surface area contributed by atoms with Crippen molar-refractivity contribution in [1.82, 2.24) is 9.97 Å². The van der Waals surface area contributed by atoms with Crippen LogP contribution in [0.4, 0.5) is 11.6 Å². The molecule has 0 amide bonds. The average Bonchev–Trinajstić information content (AvgIpc) is 2.20. The summed E-state index contributed by atoms with van der Waals surface area (Å²) in [6, 6.07) is 0. The van der Waals surface area contributed by atoms with Gasteiger partial charge in [0.15, 0.2) is 0 Å². The Balaban J connectivity index is 2.78. The second kappa shape index (κ2) is 5.80. The molecule has 0 aliphatic carbocycles. The van der Waals surface area contributed by atoms with E-state index in [9.17, 15) is 0 Å². The molecule has 14 heavy (non-hydrogen) atoms. The number of rotatable bonds is 5. The quantitative estimate of drug-likeness (QED) is 0.853. The predicted molar refractivity (Wildman–Crippen MR) is 62.7 cm³/mol. The van der Waals surface area contributed by atoms with Crippen molar-refractivity contribution in [3.8, 4) is 0 Å². The van der Waals surface area contributed by atoms with Crippen LogP contribution in [0.15, 0.2) is 10.8 Å². The number of anilines is 2. The molecule has 0 saturated carbocycles. The lowest BCUT2D eigenvalue weighted by Crippen LogP contribution is -2.06. The molecule has 1 rings (SSSR count). The van der Waals surface area contributed by atoms with Gasteiger partial charge in [-0.2, -0.15) is 0 Å². The van der Waals surface area contributed by atoms with Gasteiger partial charge in [-0.1, -0.05) is 6.92 Å². The number of hydrogen-bond acceptors (Lipinski definition) is 4. The van der Waals surface area contributed by atoms with Crippen molar-refractivity contribution in [3.05, 3.63) is 10.8 Å². The Kier molecular flexibility index (Phi) is 4.65. The highest BCUT2D eigenvalue weighted by atomic mass is 79.9. The highest BCUT2D eigenvalue weighted by Gasteiger charge is 2.06. The zero-order chi connectivity index (χ0) is 10.4. The van der Waals surface area contributed by atoms with E-state index >= 15 is 0 Å². The standard InChI is InChI=1S/C9H15BrN4/c1-3-5-12-9-7(10)8(11-4-2)13-6-14-9/h6H,3-5H2,1-2H3,(H2,11,12,13,14). The molecule has 0 saturated heterocycles. The third kappa shape index (κ3) is 2.83. The molecule has 2 N–H and O–H groups in total. The normalized spacial score (nSPS) is 9.93. The van der Waals surface area contributed by atoms with Gasteiger partial charge in [0.1, 0.15) is 22.4 Å². The maximum Gasteiger partial charge on any atom is 0.145 e. The first-order chi connectivity index (χ1) is 6.79. The molecular formula is C9H15BrN4. The number of nitrogens with zero attached hydrogens (tertiary/aromatic N) is 2. The molecule has 0 bridgehead atoms. The van der Waals surface area contributed by atoms with Crippen LogP contribution in [-0.4, -0.2) is 23.1 Å².